The van der Waals surface area contributed by atoms with Gasteiger partial charge in [0.2, 0.25) is 5.91 Å². The van der Waals surface area contributed by atoms with Gasteiger partial charge in [-0.1, -0.05) is 49.7 Å². The molecule has 1 N–H and O–H groups in total. The molecular weight excluding hydrogens is 452 g/mol. The molecule has 3 aromatic rings. The fourth-order valence-electron chi connectivity index (χ4n) is 4.44. The minimum atomic E-state index is -0.0635. The SMILES string of the molecule is CCCc1ccc(CCC(=O)Nc2cncc(N3CCC[C@@H](Oc4ccccc4OCC)C3)n2)cc1. The Morgan fingerprint density at radius 3 is 2.53 bits per heavy atom. The number of hydrogen-bond donors (Lipinski definition) is 1. The Morgan fingerprint density at radius 1 is 1.03 bits per heavy atom. The van der Waals surface area contributed by atoms with Crippen LogP contribution in [-0.2, 0) is 17.6 Å². The van der Waals surface area contributed by atoms with Crippen LogP contribution in [0.25, 0.3) is 0 Å². The van der Waals surface area contributed by atoms with E-state index in [4.69, 9.17) is 9.47 Å². The molecular formula is C29H36N4O3. The molecule has 1 fully saturated rings. The summed E-state index contributed by atoms with van der Waals surface area (Å²) < 4.78 is 12.0. The van der Waals surface area contributed by atoms with Gasteiger partial charge in [0.05, 0.1) is 25.5 Å². The quantitative estimate of drug-likeness (QED) is 0.387. The Hall–Kier alpha value is -3.61. The standard InChI is InChI=1S/C29H36N4O3/c1-3-8-22-12-14-23(15-13-22)16-17-29(34)32-27-19-30-20-28(31-27)33-18-7-9-24(21-33)36-26-11-6-5-10-25(26)35-4-2/h5-6,10-15,19-20,24H,3-4,7-9,16-18,21H2,1-2H3,(H,31,32,34)/t24-/m1/s1. The molecule has 190 valence electrons. The summed E-state index contributed by atoms with van der Waals surface area (Å²) in [5.41, 5.74) is 2.50. The third-order valence-electron chi connectivity index (χ3n) is 6.24. The molecule has 0 aliphatic carbocycles. The van der Waals surface area contributed by atoms with Crippen molar-refractivity contribution in [3.05, 3.63) is 72.1 Å². The Bertz CT molecular complexity index is 1120. The monoisotopic (exact) mass is 488 g/mol. The average molecular weight is 489 g/mol. The van der Waals surface area contributed by atoms with Crippen molar-refractivity contribution in [1.82, 2.24) is 9.97 Å². The van der Waals surface area contributed by atoms with Crippen molar-refractivity contribution in [2.45, 2.75) is 58.5 Å². The van der Waals surface area contributed by atoms with E-state index in [1.165, 1.54) is 5.56 Å². The van der Waals surface area contributed by atoms with Gasteiger partial charge in [-0.15, -0.1) is 0 Å². The van der Waals surface area contributed by atoms with Crippen molar-refractivity contribution < 1.29 is 14.3 Å². The number of nitrogens with one attached hydrogen (secondary N) is 1. The van der Waals surface area contributed by atoms with E-state index < -0.39 is 0 Å². The highest BCUT2D eigenvalue weighted by atomic mass is 16.5. The Morgan fingerprint density at radius 2 is 1.78 bits per heavy atom. The lowest BCUT2D eigenvalue weighted by Crippen LogP contribution is -2.41. The molecule has 0 saturated carbocycles. The van der Waals surface area contributed by atoms with Crippen LogP contribution in [0.4, 0.5) is 11.6 Å². The molecule has 7 heteroatoms. The van der Waals surface area contributed by atoms with E-state index in [0.29, 0.717) is 31.8 Å². The predicted octanol–water partition coefficient (Wildman–Crippen LogP) is 5.45. The van der Waals surface area contributed by atoms with Crippen LogP contribution in [0.2, 0.25) is 0 Å². The summed E-state index contributed by atoms with van der Waals surface area (Å²) in [6, 6.07) is 16.3. The summed E-state index contributed by atoms with van der Waals surface area (Å²) in [6.07, 6.45) is 8.61. The molecule has 1 aromatic heterocycles. The average Bonchev–Trinajstić information content (AvgIpc) is 2.90. The van der Waals surface area contributed by atoms with Crippen LogP contribution < -0.4 is 19.7 Å². The van der Waals surface area contributed by atoms with Crippen LogP contribution in [0.5, 0.6) is 11.5 Å². The van der Waals surface area contributed by atoms with Gasteiger partial charge in [0.15, 0.2) is 17.3 Å². The number of aromatic nitrogens is 2. The molecule has 1 saturated heterocycles. The van der Waals surface area contributed by atoms with Crippen LogP contribution in [0.15, 0.2) is 60.9 Å². The fraction of sp³-hybridized carbons (Fsp3) is 0.414. The van der Waals surface area contributed by atoms with Gasteiger partial charge in [-0.25, -0.2) is 4.98 Å². The number of amides is 1. The number of anilines is 2. The zero-order valence-electron chi connectivity index (χ0n) is 21.3. The Kier molecular flexibility index (Phi) is 9.14. The highest BCUT2D eigenvalue weighted by molar-refractivity contribution is 5.89. The Labute approximate surface area is 213 Å². The van der Waals surface area contributed by atoms with Gasteiger partial charge in [0.1, 0.15) is 11.9 Å². The number of carbonyl (C=O) groups excluding carboxylic acids is 1. The molecule has 0 unspecified atom stereocenters. The molecule has 0 bridgehead atoms. The van der Waals surface area contributed by atoms with Gasteiger partial charge in [-0.05, 0) is 55.9 Å². The number of benzene rings is 2. The molecule has 1 aliphatic rings. The topological polar surface area (TPSA) is 76.6 Å². The van der Waals surface area contributed by atoms with Crippen molar-refractivity contribution >= 4 is 17.5 Å². The van der Waals surface area contributed by atoms with Gasteiger partial charge in [0, 0.05) is 13.0 Å². The van der Waals surface area contributed by atoms with Crippen LogP contribution >= 0.6 is 0 Å². The molecule has 1 atom stereocenters. The zero-order valence-corrected chi connectivity index (χ0v) is 21.3. The molecule has 2 heterocycles. The van der Waals surface area contributed by atoms with Crippen LogP contribution in [0.1, 0.15) is 50.7 Å². The smallest absolute Gasteiger partial charge is 0.225 e. The predicted molar refractivity (Wildman–Crippen MR) is 143 cm³/mol. The molecule has 7 nitrogen and oxygen atoms in total. The number of nitrogens with zero attached hydrogens (tertiary/aromatic N) is 3. The van der Waals surface area contributed by atoms with Gasteiger partial charge in [-0.3, -0.25) is 9.78 Å². The zero-order chi connectivity index (χ0) is 25.2. The molecule has 1 amide bonds. The number of rotatable bonds is 11. The maximum absolute atomic E-state index is 12.6. The molecule has 2 aromatic carbocycles. The Balaban J connectivity index is 1.31. The molecule has 0 radical (unpaired) electrons. The highest BCUT2D eigenvalue weighted by Crippen LogP contribution is 2.30. The van der Waals surface area contributed by atoms with Gasteiger partial charge in [-0.2, -0.15) is 0 Å². The lowest BCUT2D eigenvalue weighted by Gasteiger charge is -2.33. The van der Waals surface area contributed by atoms with E-state index in [2.05, 4.69) is 51.4 Å². The van der Waals surface area contributed by atoms with Crippen molar-refractivity contribution in [2.75, 3.05) is 29.9 Å². The van der Waals surface area contributed by atoms with Crippen molar-refractivity contribution in [1.29, 1.82) is 0 Å². The van der Waals surface area contributed by atoms with Crippen molar-refractivity contribution in [3.63, 3.8) is 0 Å². The van der Waals surface area contributed by atoms with Gasteiger partial charge in [0.25, 0.3) is 0 Å². The first-order valence-corrected chi connectivity index (χ1v) is 13.0. The van der Waals surface area contributed by atoms with Crippen molar-refractivity contribution in [3.8, 4) is 11.5 Å². The number of carbonyl (C=O) groups is 1. The highest BCUT2D eigenvalue weighted by Gasteiger charge is 2.24. The van der Waals surface area contributed by atoms with E-state index in [1.807, 2.05) is 31.2 Å². The van der Waals surface area contributed by atoms with E-state index in [1.54, 1.807) is 12.4 Å². The largest absolute Gasteiger partial charge is 0.490 e. The summed E-state index contributed by atoms with van der Waals surface area (Å²) >= 11 is 0. The molecule has 36 heavy (non-hydrogen) atoms. The first kappa shape index (κ1) is 25.5. The molecule has 0 spiro atoms. The summed E-state index contributed by atoms with van der Waals surface area (Å²) in [7, 11) is 0. The minimum Gasteiger partial charge on any atom is -0.490 e. The third kappa shape index (κ3) is 7.20. The maximum Gasteiger partial charge on any atom is 0.225 e. The second-order valence-electron chi connectivity index (χ2n) is 9.09. The number of para-hydroxylation sites is 2. The molecule has 4 rings (SSSR count). The van der Waals surface area contributed by atoms with Gasteiger partial charge >= 0.3 is 0 Å². The first-order chi connectivity index (χ1) is 17.6. The molecule has 1 aliphatic heterocycles. The first-order valence-electron chi connectivity index (χ1n) is 13.0. The van der Waals surface area contributed by atoms with E-state index in [9.17, 15) is 4.79 Å². The summed E-state index contributed by atoms with van der Waals surface area (Å²) in [5.74, 6) is 2.68. The minimum absolute atomic E-state index is 0.0177. The summed E-state index contributed by atoms with van der Waals surface area (Å²) in [5, 5.41) is 2.91. The van der Waals surface area contributed by atoms with Gasteiger partial charge < -0.3 is 19.7 Å². The normalized spacial score (nSPS) is 15.4. The third-order valence-corrected chi connectivity index (χ3v) is 6.24. The maximum atomic E-state index is 12.6. The van der Waals surface area contributed by atoms with Crippen LogP contribution in [0, 0.1) is 0 Å². The number of piperidine rings is 1. The second-order valence-corrected chi connectivity index (χ2v) is 9.09. The van der Waals surface area contributed by atoms with Crippen LogP contribution in [0.3, 0.4) is 0 Å². The number of hydrogen-bond acceptors (Lipinski definition) is 6. The van der Waals surface area contributed by atoms with Crippen LogP contribution in [-0.4, -0.2) is 41.7 Å². The summed E-state index contributed by atoms with van der Waals surface area (Å²) in [6.45, 7) is 6.30. The number of ether oxygens (including phenoxy) is 2. The lowest BCUT2D eigenvalue weighted by atomic mass is 10.0. The van der Waals surface area contributed by atoms with E-state index >= 15 is 0 Å². The van der Waals surface area contributed by atoms with E-state index in [0.717, 1.165) is 55.1 Å². The lowest BCUT2D eigenvalue weighted by molar-refractivity contribution is -0.116. The fourth-order valence-corrected chi connectivity index (χ4v) is 4.44. The van der Waals surface area contributed by atoms with Crippen molar-refractivity contribution in [2.24, 2.45) is 0 Å². The second kappa shape index (κ2) is 12.9. The van der Waals surface area contributed by atoms with E-state index in [-0.39, 0.29) is 12.0 Å². The summed E-state index contributed by atoms with van der Waals surface area (Å²) in [4.78, 5) is 23.7. The number of aryl methyl sites for hydroxylation is 2.